The van der Waals surface area contributed by atoms with Crippen molar-refractivity contribution in [1.29, 1.82) is 0 Å². The van der Waals surface area contributed by atoms with E-state index in [1.165, 1.54) is 23.7 Å². The SMILES string of the molecule is Cc1ccc(Cn2c(S[C@H](C)C(=O)N3CCCCC3)nc3ccccc3c2=O)cc1. The second-order valence-corrected chi connectivity index (χ2v) is 9.24. The Morgan fingerprint density at radius 2 is 1.77 bits per heavy atom. The third-order valence-electron chi connectivity index (χ3n) is 5.59. The number of likely N-dealkylation sites (tertiary alicyclic amines) is 1. The first kappa shape index (κ1) is 20.7. The van der Waals surface area contributed by atoms with Gasteiger partial charge < -0.3 is 4.90 Å². The van der Waals surface area contributed by atoms with Crippen LogP contribution in [0.4, 0.5) is 0 Å². The third-order valence-corrected chi connectivity index (χ3v) is 6.66. The van der Waals surface area contributed by atoms with Gasteiger partial charge >= 0.3 is 0 Å². The lowest BCUT2D eigenvalue weighted by Crippen LogP contribution is -2.40. The van der Waals surface area contributed by atoms with Gasteiger partial charge in [0.1, 0.15) is 0 Å². The van der Waals surface area contributed by atoms with Gasteiger partial charge in [0.05, 0.1) is 22.7 Å². The summed E-state index contributed by atoms with van der Waals surface area (Å²) < 4.78 is 1.71. The molecule has 0 aliphatic carbocycles. The number of nitrogens with zero attached hydrogens (tertiary/aromatic N) is 3. The molecule has 3 aromatic rings. The Hall–Kier alpha value is -2.60. The first-order valence-corrected chi connectivity index (χ1v) is 11.4. The molecule has 30 heavy (non-hydrogen) atoms. The van der Waals surface area contributed by atoms with Crippen LogP contribution in [0.25, 0.3) is 10.9 Å². The number of benzene rings is 2. The number of carbonyl (C=O) groups is 1. The fourth-order valence-corrected chi connectivity index (χ4v) is 4.82. The van der Waals surface area contributed by atoms with Gasteiger partial charge in [0.25, 0.3) is 5.56 Å². The minimum absolute atomic E-state index is 0.0682. The summed E-state index contributed by atoms with van der Waals surface area (Å²) in [6.45, 7) is 6.04. The molecule has 0 bridgehead atoms. The van der Waals surface area contributed by atoms with Crippen LogP contribution in [0.15, 0.2) is 58.5 Å². The summed E-state index contributed by atoms with van der Waals surface area (Å²) in [7, 11) is 0. The summed E-state index contributed by atoms with van der Waals surface area (Å²) in [6, 6.07) is 15.6. The summed E-state index contributed by atoms with van der Waals surface area (Å²) in [4.78, 5) is 33.0. The van der Waals surface area contributed by atoms with Crippen LogP contribution < -0.4 is 5.56 Å². The zero-order chi connectivity index (χ0) is 21.1. The van der Waals surface area contributed by atoms with Crippen molar-refractivity contribution in [1.82, 2.24) is 14.5 Å². The molecule has 1 atom stereocenters. The lowest BCUT2D eigenvalue weighted by atomic mass is 10.1. The Bertz CT molecular complexity index is 1100. The van der Waals surface area contributed by atoms with E-state index in [4.69, 9.17) is 4.98 Å². The van der Waals surface area contributed by atoms with Gasteiger partial charge in [-0.2, -0.15) is 0 Å². The summed E-state index contributed by atoms with van der Waals surface area (Å²) in [5.41, 5.74) is 2.82. The number of hydrogen-bond donors (Lipinski definition) is 0. The molecule has 5 nitrogen and oxygen atoms in total. The fraction of sp³-hybridized carbons (Fsp3) is 0.375. The number of aryl methyl sites for hydroxylation is 1. The van der Waals surface area contributed by atoms with E-state index in [1.807, 2.05) is 67.3 Å². The van der Waals surface area contributed by atoms with E-state index in [0.717, 1.165) is 31.5 Å². The van der Waals surface area contributed by atoms with E-state index >= 15 is 0 Å². The zero-order valence-corrected chi connectivity index (χ0v) is 18.3. The molecule has 6 heteroatoms. The molecule has 0 spiro atoms. The van der Waals surface area contributed by atoms with Crippen molar-refractivity contribution in [3.05, 3.63) is 70.0 Å². The lowest BCUT2D eigenvalue weighted by molar-refractivity contribution is -0.131. The van der Waals surface area contributed by atoms with Crippen LogP contribution in [0.1, 0.15) is 37.3 Å². The van der Waals surface area contributed by atoms with Crippen LogP contribution >= 0.6 is 11.8 Å². The van der Waals surface area contributed by atoms with E-state index in [9.17, 15) is 9.59 Å². The molecular formula is C24H27N3O2S. The van der Waals surface area contributed by atoms with Gasteiger partial charge in [0.15, 0.2) is 5.16 Å². The first-order chi connectivity index (χ1) is 14.5. The minimum Gasteiger partial charge on any atom is -0.342 e. The van der Waals surface area contributed by atoms with Gasteiger partial charge in [-0.3, -0.25) is 14.2 Å². The number of aromatic nitrogens is 2. The quantitative estimate of drug-likeness (QED) is 0.457. The van der Waals surface area contributed by atoms with Crippen molar-refractivity contribution in [2.75, 3.05) is 13.1 Å². The highest BCUT2D eigenvalue weighted by atomic mass is 32.2. The Morgan fingerprint density at radius 1 is 1.07 bits per heavy atom. The van der Waals surface area contributed by atoms with Crippen LogP contribution in [0.2, 0.25) is 0 Å². The predicted molar refractivity (Wildman–Crippen MR) is 122 cm³/mol. The molecule has 2 heterocycles. The van der Waals surface area contributed by atoms with Crippen LogP contribution in [-0.2, 0) is 11.3 Å². The Morgan fingerprint density at radius 3 is 2.50 bits per heavy atom. The number of para-hydroxylation sites is 1. The van der Waals surface area contributed by atoms with Gasteiger partial charge in [0, 0.05) is 13.1 Å². The normalized spacial score (nSPS) is 15.3. The van der Waals surface area contributed by atoms with Crippen molar-refractivity contribution in [3.8, 4) is 0 Å². The number of hydrogen-bond acceptors (Lipinski definition) is 4. The minimum atomic E-state index is -0.291. The topological polar surface area (TPSA) is 55.2 Å². The largest absolute Gasteiger partial charge is 0.342 e. The molecule has 156 valence electrons. The van der Waals surface area contributed by atoms with Crippen molar-refractivity contribution >= 4 is 28.6 Å². The molecule has 0 saturated carbocycles. The molecule has 2 aromatic carbocycles. The molecule has 0 N–H and O–H groups in total. The molecule has 1 saturated heterocycles. The van der Waals surface area contributed by atoms with Crippen molar-refractivity contribution in [2.45, 2.75) is 50.1 Å². The van der Waals surface area contributed by atoms with Crippen molar-refractivity contribution < 1.29 is 4.79 Å². The predicted octanol–water partition coefficient (Wildman–Crippen LogP) is 4.25. The number of thioether (sulfide) groups is 1. The van der Waals surface area contributed by atoms with E-state index in [1.54, 1.807) is 4.57 Å². The van der Waals surface area contributed by atoms with Crippen LogP contribution in [0.3, 0.4) is 0 Å². The molecule has 1 amide bonds. The van der Waals surface area contributed by atoms with Crippen LogP contribution in [-0.4, -0.2) is 38.7 Å². The average molecular weight is 422 g/mol. The molecule has 1 aliphatic rings. The standard InChI is InChI=1S/C24H27N3O2S/c1-17-10-12-19(13-11-17)16-27-23(29)20-8-4-5-9-21(20)25-24(27)30-18(2)22(28)26-14-6-3-7-15-26/h4-5,8-13,18H,3,6-7,14-16H2,1-2H3/t18-/m1/s1. The monoisotopic (exact) mass is 421 g/mol. The Kier molecular flexibility index (Phi) is 6.23. The summed E-state index contributed by atoms with van der Waals surface area (Å²) >= 11 is 1.38. The Balaban J connectivity index is 1.68. The summed E-state index contributed by atoms with van der Waals surface area (Å²) in [6.07, 6.45) is 3.32. The number of piperidine rings is 1. The van der Waals surface area contributed by atoms with Crippen LogP contribution in [0.5, 0.6) is 0 Å². The van der Waals surface area contributed by atoms with Gasteiger partial charge in [-0.15, -0.1) is 0 Å². The van der Waals surface area contributed by atoms with Crippen molar-refractivity contribution in [2.24, 2.45) is 0 Å². The fourth-order valence-electron chi connectivity index (χ4n) is 3.83. The summed E-state index contributed by atoms with van der Waals surface area (Å²) in [5, 5.41) is 0.904. The van der Waals surface area contributed by atoms with E-state index in [0.29, 0.717) is 22.6 Å². The maximum atomic E-state index is 13.3. The third kappa shape index (κ3) is 4.43. The van der Waals surface area contributed by atoms with Gasteiger partial charge in [-0.05, 0) is 50.8 Å². The molecule has 0 radical (unpaired) electrons. The maximum Gasteiger partial charge on any atom is 0.262 e. The molecule has 1 fully saturated rings. The molecule has 0 unspecified atom stereocenters. The van der Waals surface area contributed by atoms with Gasteiger partial charge in [-0.1, -0.05) is 53.7 Å². The number of amides is 1. The van der Waals surface area contributed by atoms with E-state index in [-0.39, 0.29) is 16.7 Å². The van der Waals surface area contributed by atoms with E-state index in [2.05, 4.69) is 0 Å². The number of fused-ring (bicyclic) bond motifs is 1. The maximum absolute atomic E-state index is 13.3. The molecular weight excluding hydrogens is 394 g/mol. The second kappa shape index (κ2) is 9.04. The first-order valence-electron chi connectivity index (χ1n) is 10.5. The molecule has 1 aromatic heterocycles. The average Bonchev–Trinajstić information content (AvgIpc) is 2.77. The number of rotatable bonds is 5. The zero-order valence-electron chi connectivity index (χ0n) is 17.5. The highest BCUT2D eigenvalue weighted by molar-refractivity contribution is 8.00. The number of carbonyl (C=O) groups excluding carboxylic acids is 1. The summed E-state index contributed by atoms with van der Waals surface area (Å²) in [5.74, 6) is 0.129. The molecule has 4 rings (SSSR count). The van der Waals surface area contributed by atoms with Crippen molar-refractivity contribution in [3.63, 3.8) is 0 Å². The highest BCUT2D eigenvalue weighted by Crippen LogP contribution is 2.25. The Labute approximate surface area is 181 Å². The molecule has 1 aliphatic heterocycles. The highest BCUT2D eigenvalue weighted by Gasteiger charge is 2.25. The van der Waals surface area contributed by atoms with Crippen LogP contribution in [0, 0.1) is 6.92 Å². The van der Waals surface area contributed by atoms with Gasteiger partial charge in [0.2, 0.25) is 5.91 Å². The smallest absolute Gasteiger partial charge is 0.262 e. The lowest BCUT2D eigenvalue weighted by Gasteiger charge is -2.29. The second-order valence-electron chi connectivity index (χ2n) is 7.93. The van der Waals surface area contributed by atoms with Gasteiger partial charge in [-0.25, -0.2) is 4.98 Å². The van der Waals surface area contributed by atoms with E-state index < -0.39 is 0 Å².